The maximum Gasteiger partial charge on any atom is 0.325 e. The van der Waals surface area contributed by atoms with Gasteiger partial charge in [0.1, 0.15) is 0 Å². The van der Waals surface area contributed by atoms with E-state index < -0.39 is 11.9 Å². The summed E-state index contributed by atoms with van der Waals surface area (Å²) < 4.78 is 17.6. The number of ether oxygens (including phenoxy) is 3. The van der Waals surface area contributed by atoms with E-state index in [1.54, 1.807) is 25.3 Å². The molecule has 1 aliphatic heterocycles. The molecule has 0 radical (unpaired) electrons. The van der Waals surface area contributed by atoms with Crippen LogP contribution in [0.2, 0.25) is 0 Å². The molecule has 150 valence electrons. The van der Waals surface area contributed by atoms with Gasteiger partial charge in [0.2, 0.25) is 12.7 Å². The standard InChI is InChI=1S/C18H22N4O5S/c1-11-12(2)22(6-7-25-3)18(19-11)28-9-16(23)21-17(24)20-13-4-5-14-15(8-13)27-10-26-14/h4-5,8H,6-7,9-10H2,1-3H3,(H2,20,21,23,24). The van der Waals surface area contributed by atoms with Gasteiger partial charge in [-0.25, -0.2) is 9.78 Å². The van der Waals surface area contributed by atoms with Crippen molar-refractivity contribution in [3.63, 3.8) is 0 Å². The van der Waals surface area contributed by atoms with Crippen LogP contribution in [0.5, 0.6) is 11.5 Å². The van der Waals surface area contributed by atoms with Crippen LogP contribution in [0.1, 0.15) is 11.4 Å². The molecule has 28 heavy (non-hydrogen) atoms. The highest BCUT2D eigenvalue weighted by Gasteiger charge is 2.16. The van der Waals surface area contributed by atoms with Gasteiger partial charge in [0.15, 0.2) is 16.7 Å². The van der Waals surface area contributed by atoms with Gasteiger partial charge >= 0.3 is 6.03 Å². The molecular weight excluding hydrogens is 384 g/mol. The first-order valence-electron chi connectivity index (χ1n) is 8.64. The zero-order chi connectivity index (χ0) is 20.1. The number of thioether (sulfide) groups is 1. The highest BCUT2D eigenvalue weighted by molar-refractivity contribution is 7.99. The molecule has 0 bridgehead atoms. The molecule has 0 unspecified atom stereocenters. The first kappa shape index (κ1) is 20.0. The molecule has 0 saturated carbocycles. The average molecular weight is 406 g/mol. The number of amides is 3. The largest absolute Gasteiger partial charge is 0.454 e. The second-order valence-corrected chi connectivity index (χ2v) is 7.01. The topological polar surface area (TPSA) is 104 Å². The first-order valence-corrected chi connectivity index (χ1v) is 9.62. The Bertz CT molecular complexity index is 883. The van der Waals surface area contributed by atoms with Gasteiger partial charge in [-0.05, 0) is 26.0 Å². The summed E-state index contributed by atoms with van der Waals surface area (Å²) >= 11 is 1.27. The van der Waals surface area contributed by atoms with Gasteiger partial charge in [0.05, 0.1) is 18.1 Å². The third-order valence-electron chi connectivity index (χ3n) is 4.16. The smallest absolute Gasteiger partial charge is 0.325 e. The Morgan fingerprint density at radius 2 is 2.07 bits per heavy atom. The number of aromatic nitrogens is 2. The summed E-state index contributed by atoms with van der Waals surface area (Å²) in [7, 11) is 1.64. The van der Waals surface area contributed by atoms with Crippen LogP contribution in [0.3, 0.4) is 0 Å². The lowest BCUT2D eigenvalue weighted by atomic mass is 10.3. The molecule has 1 aliphatic rings. The molecule has 2 aromatic rings. The minimum Gasteiger partial charge on any atom is -0.454 e. The number of nitrogens with one attached hydrogen (secondary N) is 2. The predicted molar refractivity (Wildman–Crippen MR) is 104 cm³/mol. The SMILES string of the molecule is COCCn1c(SCC(=O)NC(=O)Nc2ccc3c(c2)OCO3)nc(C)c1C. The Kier molecular flexibility index (Phi) is 6.42. The monoisotopic (exact) mass is 406 g/mol. The fraction of sp³-hybridized carbons (Fsp3) is 0.389. The van der Waals surface area contributed by atoms with Crippen molar-refractivity contribution in [3.8, 4) is 11.5 Å². The zero-order valence-electron chi connectivity index (χ0n) is 15.9. The van der Waals surface area contributed by atoms with E-state index in [0.717, 1.165) is 16.5 Å². The van der Waals surface area contributed by atoms with Crippen LogP contribution in [0.25, 0.3) is 0 Å². The zero-order valence-corrected chi connectivity index (χ0v) is 16.7. The van der Waals surface area contributed by atoms with E-state index in [1.807, 2.05) is 18.4 Å². The molecule has 0 aliphatic carbocycles. The number of imidazole rings is 1. The lowest BCUT2D eigenvalue weighted by Gasteiger charge is -2.09. The van der Waals surface area contributed by atoms with Crippen LogP contribution < -0.4 is 20.1 Å². The fourth-order valence-electron chi connectivity index (χ4n) is 2.61. The Morgan fingerprint density at radius 3 is 2.86 bits per heavy atom. The number of imide groups is 1. The van der Waals surface area contributed by atoms with Crippen LogP contribution in [-0.2, 0) is 16.1 Å². The number of urea groups is 1. The fourth-order valence-corrected chi connectivity index (χ4v) is 3.53. The maximum atomic E-state index is 12.1. The van der Waals surface area contributed by atoms with E-state index in [2.05, 4.69) is 15.6 Å². The highest BCUT2D eigenvalue weighted by atomic mass is 32.2. The number of methoxy groups -OCH3 is 1. The van der Waals surface area contributed by atoms with Crippen molar-refractivity contribution in [1.82, 2.24) is 14.9 Å². The molecule has 2 heterocycles. The molecule has 3 rings (SSSR count). The Labute approximate surface area is 166 Å². The van der Waals surface area contributed by atoms with Crippen molar-refractivity contribution in [2.45, 2.75) is 25.5 Å². The first-order chi connectivity index (χ1) is 13.5. The number of anilines is 1. The van der Waals surface area contributed by atoms with E-state index in [1.165, 1.54) is 11.8 Å². The molecule has 1 aromatic heterocycles. The van der Waals surface area contributed by atoms with E-state index in [9.17, 15) is 9.59 Å². The summed E-state index contributed by atoms with van der Waals surface area (Å²) in [6, 6.07) is 4.39. The van der Waals surface area contributed by atoms with Crippen LogP contribution in [0.4, 0.5) is 10.5 Å². The summed E-state index contributed by atoms with van der Waals surface area (Å²) in [5.74, 6) is 0.818. The van der Waals surface area contributed by atoms with E-state index in [4.69, 9.17) is 14.2 Å². The number of carbonyl (C=O) groups is 2. The second kappa shape index (κ2) is 8.98. The van der Waals surface area contributed by atoms with Crippen LogP contribution in [0, 0.1) is 13.8 Å². The lowest BCUT2D eigenvalue weighted by Crippen LogP contribution is -2.35. The number of hydrogen-bond donors (Lipinski definition) is 2. The van der Waals surface area contributed by atoms with Crippen molar-refractivity contribution in [3.05, 3.63) is 29.6 Å². The minimum absolute atomic E-state index is 0.0669. The van der Waals surface area contributed by atoms with Crippen molar-refractivity contribution >= 4 is 29.4 Å². The Balaban J connectivity index is 1.51. The van der Waals surface area contributed by atoms with E-state index >= 15 is 0 Å². The number of fused-ring (bicyclic) bond motifs is 1. The summed E-state index contributed by atoms with van der Waals surface area (Å²) in [6.45, 7) is 5.24. The van der Waals surface area contributed by atoms with Gasteiger partial charge in [-0.1, -0.05) is 11.8 Å². The van der Waals surface area contributed by atoms with Crippen molar-refractivity contribution < 1.29 is 23.8 Å². The summed E-state index contributed by atoms with van der Waals surface area (Å²) in [6.07, 6.45) is 0. The molecule has 1 aromatic carbocycles. The average Bonchev–Trinajstić information content (AvgIpc) is 3.23. The summed E-state index contributed by atoms with van der Waals surface area (Å²) in [4.78, 5) is 28.6. The van der Waals surface area contributed by atoms with E-state index in [-0.39, 0.29) is 12.5 Å². The van der Waals surface area contributed by atoms with Crippen molar-refractivity contribution in [1.29, 1.82) is 0 Å². The molecular formula is C18H22N4O5S. The molecule has 0 fully saturated rings. The number of hydrogen-bond acceptors (Lipinski definition) is 7. The van der Waals surface area contributed by atoms with Crippen molar-refractivity contribution in [2.75, 3.05) is 31.6 Å². The van der Waals surface area contributed by atoms with Gasteiger partial charge < -0.3 is 24.1 Å². The summed E-state index contributed by atoms with van der Waals surface area (Å²) in [5.41, 5.74) is 2.43. The van der Waals surface area contributed by atoms with Crippen LogP contribution >= 0.6 is 11.8 Å². The van der Waals surface area contributed by atoms with Gasteiger partial charge in [-0.15, -0.1) is 0 Å². The van der Waals surface area contributed by atoms with Gasteiger partial charge in [0, 0.05) is 31.1 Å². The predicted octanol–water partition coefficient (Wildman–Crippen LogP) is 2.32. The number of rotatable bonds is 7. The van der Waals surface area contributed by atoms with E-state index in [0.29, 0.717) is 30.3 Å². The van der Waals surface area contributed by atoms with Crippen LogP contribution in [0.15, 0.2) is 23.4 Å². The number of carbonyl (C=O) groups excluding carboxylic acids is 2. The van der Waals surface area contributed by atoms with Gasteiger partial charge in [0.25, 0.3) is 0 Å². The molecule has 10 heteroatoms. The quantitative estimate of drug-likeness (QED) is 0.680. The molecule has 9 nitrogen and oxygen atoms in total. The highest BCUT2D eigenvalue weighted by Crippen LogP contribution is 2.34. The maximum absolute atomic E-state index is 12.1. The lowest BCUT2D eigenvalue weighted by molar-refractivity contribution is -0.117. The molecule has 2 N–H and O–H groups in total. The van der Waals surface area contributed by atoms with Gasteiger partial charge in [-0.2, -0.15) is 0 Å². The number of nitrogens with zero attached hydrogens (tertiary/aromatic N) is 2. The summed E-state index contributed by atoms with van der Waals surface area (Å²) in [5, 5.41) is 5.63. The number of aryl methyl sites for hydroxylation is 1. The van der Waals surface area contributed by atoms with Crippen molar-refractivity contribution in [2.24, 2.45) is 0 Å². The third kappa shape index (κ3) is 4.76. The van der Waals surface area contributed by atoms with Gasteiger partial charge in [-0.3, -0.25) is 10.1 Å². The molecule has 3 amide bonds. The minimum atomic E-state index is -0.612. The molecule has 0 atom stereocenters. The Morgan fingerprint density at radius 1 is 1.29 bits per heavy atom. The molecule has 0 saturated heterocycles. The Hall–Kier alpha value is -2.72. The third-order valence-corrected chi connectivity index (χ3v) is 5.13. The van der Waals surface area contributed by atoms with Crippen LogP contribution in [-0.4, -0.2) is 47.8 Å². The number of benzene rings is 1. The molecule has 0 spiro atoms. The second-order valence-electron chi connectivity index (χ2n) is 6.07. The normalized spacial score (nSPS) is 12.1.